The minimum absolute atomic E-state index is 0.504. The minimum Gasteiger partial charge on any atom is -0.256 e. The number of aryl methyl sites for hydroxylation is 1. The number of rotatable bonds is 3. The van der Waals surface area contributed by atoms with E-state index in [4.69, 9.17) is 4.98 Å². The zero-order chi connectivity index (χ0) is 16.6. The molecule has 0 unspecified atom stereocenters. The van der Waals surface area contributed by atoms with Gasteiger partial charge in [0.1, 0.15) is 0 Å². The van der Waals surface area contributed by atoms with Crippen LogP contribution in [0.4, 0.5) is 0 Å². The fourth-order valence-corrected chi connectivity index (χ4v) is 3.17. The molecule has 0 saturated carbocycles. The van der Waals surface area contributed by atoms with Crippen molar-refractivity contribution in [2.75, 3.05) is 0 Å². The molecule has 0 amide bonds. The van der Waals surface area contributed by atoms with E-state index >= 15 is 0 Å². The molecule has 1 aromatic heterocycles. The van der Waals surface area contributed by atoms with Gasteiger partial charge in [-0.25, -0.2) is 0 Å². The van der Waals surface area contributed by atoms with Crippen molar-refractivity contribution in [3.8, 4) is 11.3 Å². The predicted octanol–water partition coefficient (Wildman–Crippen LogP) is 6.46. The molecule has 0 aliphatic carbocycles. The molecule has 1 heterocycles. The summed E-state index contributed by atoms with van der Waals surface area (Å²) in [5, 5.41) is 2.60. The second-order valence-corrected chi connectivity index (χ2v) is 7.04. The molecule has 0 saturated heterocycles. The molecule has 1 nitrogen and oxygen atoms in total. The molecule has 0 bridgehead atoms. The third-order valence-electron chi connectivity index (χ3n) is 4.51. The molecular formula is C22H25N. The van der Waals surface area contributed by atoms with E-state index in [1.54, 1.807) is 0 Å². The van der Waals surface area contributed by atoms with Crippen LogP contribution in [-0.4, -0.2) is 4.98 Å². The topological polar surface area (TPSA) is 12.9 Å². The summed E-state index contributed by atoms with van der Waals surface area (Å²) in [6.45, 7) is 11.2. The van der Waals surface area contributed by atoms with Crippen LogP contribution in [0.5, 0.6) is 0 Å². The molecule has 2 aromatic carbocycles. The van der Waals surface area contributed by atoms with E-state index in [9.17, 15) is 0 Å². The maximum Gasteiger partial charge on any atom is 0.0780 e. The Morgan fingerprint density at radius 2 is 1.61 bits per heavy atom. The molecule has 1 heteroatoms. The van der Waals surface area contributed by atoms with Crippen molar-refractivity contribution in [3.63, 3.8) is 0 Å². The average Bonchev–Trinajstić information content (AvgIpc) is 2.52. The van der Waals surface area contributed by atoms with Gasteiger partial charge < -0.3 is 0 Å². The van der Waals surface area contributed by atoms with E-state index in [2.05, 4.69) is 77.1 Å². The molecule has 0 atom stereocenters. The van der Waals surface area contributed by atoms with Gasteiger partial charge in [0.2, 0.25) is 0 Å². The van der Waals surface area contributed by atoms with E-state index in [0.717, 1.165) is 5.69 Å². The zero-order valence-electron chi connectivity index (χ0n) is 14.7. The molecule has 0 fully saturated rings. The fraction of sp³-hybridized carbons (Fsp3) is 0.318. The predicted molar refractivity (Wildman–Crippen MR) is 100 cm³/mol. The van der Waals surface area contributed by atoms with E-state index in [-0.39, 0.29) is 0 Å². The van der Waals surface area contributed by atoms with E-state index < -0.39 is 0 Å². The number of fused-ring (bicyclic) bond motifs is 1. The molecule has 118 valence electrons. The van der Waals surface area contributed by atoms with Crippen molar-refractivity contribution in [1.82, 2.24) is 4.98 Å². The van der Waals surface area contributed by atoms with E-state index in [1.807, 2.05) is 6.20 Å². The Hall–Kier alpha value is -2.15. The molecule has 0 N–H and O–H groups in total. The lowest BCUT2D eigenvalue weighted by molar-refractivity contribution is 0.841. The van der Waals surface area contributed by atoms with Crippen LogP contribution in [0.15, 0.2) is 48.7 Å². The number of aromatic nitrogens is 1. The maximum absolute atomic E-state index is 4.72. The lowest BCUT2D eigenvalue weighted by atomic mass is 9.89. The van der Waals surface area contributed by atoms with Crippen LogP contribution in [0.1, 0.15) is 56.2 Å². The van der Waals surface area contributed by atoms with E-state index in [0.29, 0.717) is 11.8 Å². The third-order valence-corrected chi connectivity index (χ3v) is 4.51. The van der Waals surface area contributed by atoms with Crippen LogP contribution < -0.4 is 0 Å². The zero-order valence-corrected chi connectivity index (χ0v) is 14.7. The van der Waals surface area contributed by atoms with Crippen molar-refractivity contribution in [3.05, 3.63) is 65.4 Å². The quantitative estimate of drug-likeness (QED) is 0.541. The van der Waals surface area contributed by atoms with Crippen LogP contribution in [0.2, 0.25) is 0 Å². The Labute approximate surface area is 139 Å². The molecule has 0 aliphatic rings. The lowest BCUT2D eigenvalue weighted by Crippen LogP contribution is -1.97. The molecule has 3 aromatic rings. The first kappa shape index (κ1) is 15.7. The van der Waals surface area contributed by atoms with Crippen molar-refractivity contribution >= 4 is 10.8 Å². The Bertz CT molecular complexity index is 844. The largest absolute Gasteiger partial charge is 0.256 e. The summed E-state index contributed by atoms with van der Waals surface area (Å²) in [4.78, 5) is 4.72. The van der Waals surface area contributed by atoms with Crippen molar-refractivity contribution in [2.24, 2.45) is 0 Å². The molecule has 3 rings (SSSR count). The van der Waals surface area contributed by atoms with Gasteiger partial charge >= 0.3 is 0 Å². The Morgan fingerprint density at radius 1 is 0.826 bits per heavy atom. The molecule has 0 radical (unpaired) electrons. The van der Waals surface area contributed by atoms with Gasteiger partial charge in [-0.05, 0) is 53.5 Å². The number of benzene rings is 2. The van der Waals surface area contributed by atoms with E-state index in [1.165, 1.54) is 33.0 Å². The summed E-state index contributed by atoms with van der Waals surface area (Å²) >= 11 is 0. The summed E-state index contributed by atoms with van der Waals surface area (Å²) < 4.78 is 0. The Morgan fingerprint density at radius 3 is 2.26 bits per heavy atom. The molecular weight excluding hydrogens is 278 g/mol. The Kier molecular flexibility index (Phi) is 4.21. The summed E-state index contributed by atoms with van der Waals surface area (Å²) in [5.74, 6) is 1.02. The summed E-state index contributed by atoms with van der Waals surface area (Å²) in [6, 6.07) is 15.5. The van der Waals surface area contributed by atoms with Gasteiger partial charge in [0.25, 0.3) is 0 Å². The van der Waals surface area contributed by atoms with Gasteiger partial charge in [-0.3, -0.25) is 4.98 Å². The molecule has 0 spiro atoms. The highest BCUT2D eigenvalue weighted by Crippen LogP contribution is 2.34. The van der Waals surface area contributed by atoms with Crippen LogP contribution in [0.25, 0.3) is 22.0 Å². The number of hydrogen-bond donors (Lipinski definition) is 0. The number of nitrogens with zero attached hydrogens (tertiary/aromatic N) is 1. The molecule has 0 aliphatic heterocycles. The highest BCUT2D eigenvalue weighted by molar-refractivity contribution is 5.97. The third kappa shape index (κ3) is 3.01. The van der Waals surface area contributed by atoms with Gasteiger partial charge in [-0.15, -0.1) is 0 Å². The number of hydrogen-bond acceptors (Lipinski definition) is 1. The SMILES string of the molecule is Cc1cccc(-c2nccc3c(C(C)C)cc(C(C)C)cc23)c1. The van der Waals surface area contributed by atoms with Crippen LogP contribution in [0.3, 0.4) is 0 Å². The fourth-order valence-electron chi connectivity index (χ4n) is 3.17. The normalized spacial score (nSPS) is 11.6. The lowest BCUT2D eigenvalue weighted by Gasteiger charge is -2.17. The highest BCUT2D eigenvalue weighted by Gasteiger charge is 2.13. The summed E-state index contributed by atoms with van der Waals surface area (Å²) in [6.07, 6.45) is 1.95. The maximum atomic E-state index is 4.72. The highest BCUT2D eigenvalue weighted by atomic mass is 14.7. The summed E-state index contributed by atoms with van der Waals surface area (Å²) in [5.41, 5.74) is 6.37. The molecule has 23 heavy (non-hydrogen) atoms. The first-order valence-electron chi connectivity index (χ1n) is 8.47. The smallest absolute Gasteiger partial charge is 0.0780 e. The van der Waals surface area contributed by atoms with Crippen molar-refractivity contribution in [1.29, 1.82) is 0 Å². The second kappa shape index (κ2) is 6.16. The van der Waals surface area contributed by atoms with Crippen LogP contribution in [0, 0.1) is 6.92 Å². The van der Waals surface area contributed by atoms with Gasteiger partial charge in [0.15, 0.2) is 0 Å². The number of pyridine rings is 1. The first-order valence-corrected chi connectivity index (χ1v) is 8.47. The first-order chi connectivity index (χ1) is 11.0. The van der Waals surface area contributed by atoms with Gasteiger partial charge in [0, 0.05) is 17.1 Å². The average molecular weight is 303 g/mol. The van der Waals surface area contributed by atoms with Gasteiger partial charge in [0.05, 0.1) is 5.69 Å². The standard InChI is InChI=1S/C22H25N/c1-14(2)18-12-20(15(3)4)19-9-10-23-22(21(19)13-18)17-8-6-7-16(5)11-17/h6-15H,1-5H3. The Balaban J connectivity index is 2.35. The van der Waals surface area contributed by atoms with Crippen LogP contribution in [-0.2, 0) is 0 Å². The van der Waals surface area contributed by atoms with Crippen molar-refractivity contribution < 1.29 is 0 Å². The van der Waals surface area contributed by atoms with Crippen molar-refractivity contribution in [2.45, 2.75) is 46.5 Å². The van der Waals surface area contributed by atoms with Crippen LogP contribution >= 0.6 is 0 Å². The van der Waals surface area contributed by atoms with Gasteiger partial charge in [-0.2, -0.15) is 0 Å². The van der Waals surface area contributed by atoms with Gasteiger partial charge in [-0.1, -0.05) is 57.5 Å². The monoisotopic (exact) mass is 303 g/mol. The second-order valence-electron chi connectivity index (χ2n) is 7.04. The minimum atomic E-state index is 0.504. The summed E-state index contributed by atoms with van der Waals surface area (Å²) in [7, 11) is 0.